The molecule has 1 aromatic carbocycles. The van der Waals surface area contributed by atoms with Crippen molar-refractivity contribution in [3.8, 4) is 0 Å². The summed E-state index contributed by atoms with van der Waals surface area (Å²) in [6.45, 7) is 4.62. The minimum absolute atomic E-state index is 0.224. The van der Waals surface area contributed by atoms with E-state index >= 15 is 0 Å². The van der Waals surface area contributed by atoms with Gasteiger partial charge in [-0.3, -0.25) is 4.79 Å². The minimum Gasteiger partial charge on any atom is -0.351 e. The molecule has 0 atom stereocenters. The van der Waals surface area contributed by atoms with Crippen LogP contribution in [0.2, 0.25) is 0 Å². The van der Waals surface area contributed by atoms with Gasteiger partial charge in [0.1, 0.15) is 5.69 Å². The molecule has 5 heteroatoms. The number of anilines is 1. The number of nitrogens with one attached hydrogen (secondary N) is 2. The highest BCUT2D eigenvalue weighted by Gasteiger charge is 2.08. The average molecular weight is 268 g/mol. The Balaban J connectivity index is 1.96. The predicted octanol–water partition coefficient (Wildman–Crippen LogP) is 2.00. The number of carbonyl (C=O) groups excluding carboxylic acids is 1. The summed E-state index contributed by atoms with van der Waals surface area (Å²) in [6, 6.07) is 11.3. The maximum Gasteiger partial charge on any atom is 0.270 e. The van der Waals surface area contributed by atoms with E-state index in [0.717, 1.165) is 5.56 Å². The molecule has 20 heavy (non-hydrogen) atoms. The lowest BCUT2D eigenvalue weighted by Gasteiger charge is -2.06. The smallest absolute Gasteiger partial charge is 0.270 e. The van der Waals surface area contributed by atoms with Crippen LogP contribution in [0.5, 0.6) is 0 Å². The summed E-state index contributed by atoms with van der Waals surface area (Å²) in [5, 5.41) is 5.76. The molecule has 0 saturated carbocycles. The van der Waals surface area contributed by atoms with E-state index in [1.165, 1.54) is 0 Å². The van der Waals surface area contributed by atoms with E-state index in [9.17, 15) is 4.79 Å². The third-order valence-electron chi connectivity index (χ3n) is 2.59. The van der Waals surface area contributed by atoms with Crippen LogP contribution in [-0.2, 0) is 6.54 Å². The molecule has 0 bridgehead atoms. The molecule has 102 valence electrons. The molecule has 5 nitrogen and oxygen atoms in total. The van der Waals surface area contributed by atoms with Crippen molar-refractivity contribution < 1.29 is 4.79 Å². The second-order valence-electron chi connectivity index (χ2n) is 4.10. The number of rotatable bonds is 6. The number of benzene rings is 1. The SMILES string of the molecule is C=CCNc1nccc(C(=O)NCc2ccccc2)n1. The molecule has 1 heterocycles. The van der Waals surface area contributed by atoms with E-state index in [1.54, 1.807) is 18.3 Å². The zero-order chi connectivity index (χ0) is 14.2. The normalized spacial score (nSPS) is 9.80. The maximum atomic E-state index is 12.0. The van der Waals surface area contributed by atoms with Crippen molar-refractivity contribution in [1.29, 1.82) is 0 Å². The first kappa shape index (κ1) is 13.7. The van der Waals surface area contributed by atoms with Crippen molar-refractivity contribution in [1.82, 2.24) is 15.3 Å². The topological polar surface area (TPSA) is 66.9 Å². The highest BCUT2D eigenvalue weighted by Crippen LogP contribution is 2.02. The van der Waals surface area contributed by atoms with Crippen molar-refractivity contribution in [2.24, 2.45) is 0 Å². The first-order chi connectivity index (χ1) is 9.79. The van der Waals surface area contributed by atoms with E-state index in [0.29, 0.717) is 24.7 Å². The Kier molecular flexibility index (Phi) is 4.83. The highest BCUT2D eigenvalue weighted by molar-refractivity contribution is 5.92. The largest absolute Gasteiger partial charge is 0.351 e. The Hall–Kier alpha value is -2.69. The summed E-state index contributed by atoms with van der Waals surface area (Å²) in [6.07, 6.45) is 3.25. The number of hydrogen-bond donors (Lipinski definition) is 2. The van der Waals surface area contributed by atoms with Gasteiger partial charge in [0, 0.05) is 19.3 Å². The van der Waals surface area contributed by atoms with Gasteiger partial charge in [-0.15, -0.1) is 6.58 Å². The Bertz CT molecular complexity index is 583. The van der Waals surface area contributed by atoms with Crippen molar-refractivity contribution in [3.05, 3.63) is 66.5 Å². The van der Waals surface area contributed by atoms with Crippen LogP contribution in [0.3, 0.4) is 0 Å². The second kappa shape index (κ2) is 7.04. The molecular weight excluding hydrogens is 252 g/mol. The molecule has 0 fully saturated rings. The Morgan fingerprint density at radius 3 is 2.80 bits per heavy atom. The third-order valence-corrected chi connectivity index (χ3v) is 2.59. The van der Waals surface area contributed by atoms with E-state index < -0.39 is 0 Å². The monoisotopic (exact) mass is 268 g/mol. The quantitative estimate of drug-likeness (QED) is 0.786. The first-order valence-corrected chi connectivity index (χ1v) is 6.29. The molecule has 2 rings (SSSR count). The van der Waals surface area contributed by atoms with Gasteiger partial charge in [-0.2, -0.15) is 0 Å². The standard InChI is InChI=1S/C15H16N4O/c1-2-9-16-15-17-10-8-13(19-15)14(20)18-11-12-6-4-3-5-7-12/h2-8,10H,1,9,11H2,(H,18,20)(H,16,17,19). The number of amides is 1. The molecule has 2 N–H and O–H groups in total. The second-order valence-corrected chi connectivity index (χ2v) is 4.10. The molecule has 1 amide bonds. The van der Waals surface area contributed by atoms with E-state index in [2.05, 4.69) is 27.2 Å². The Morgan fingerprint density at radius 1 is 1.25 bits per heavy atom. The summed E-state index contributed by atoms with van der Waals surface area (Å²) < 4.78 is 0. The van der Waals surface area contributed by atoms with Crippen molar-refractivity contribution in [2.45, 2.75) is 6.54 Å². The van der Waals surface area contributed by atoms with Gasteiger partial charge in [-0.1, -0.05) is 36.4 Å². The fraction of sp³-hybridized carbons (Fsp3) is 0.133. The van der Waals surface area contributed by atoms with Gasteiger partial charge in [0.05, 0.1) is 0 Å². The summed E-state index contributed by atoms with van der Waals surface area (Å²) >= 11 is 0. The molecule has 0 aliphatic rings. The summed E-state index contributed by atoms with van der Waals surface area (Å²) in [4.78, 5) is 20.2. The molecule has 0 aliphatic carbocycles. The van der Waals surface area contributed by atoms with Crippen LogP contribution in [0.15, 0.2) is 55.3 Å². The fourth-order valence-corrected chi connectivity index (χ4v) is 1.60. The molecule has 0 spiro atoms. The number of hydrogen-bond acceptors (Lipinski definition) is 4. The zero-order valence-electron chi connectivity index (χ0n) is 11.0. The summed E-state index contributed by atoms with van der Waals surface area (Å²) in [5.41, 5.74) is 1.38. The molecule has 0 unspecified atom stereocenters. The highest BCUT2D eigenvalue weighted by atomic mass is 16.1. The minimum atomic E-state index is -0.224. The molecule has 1 aromatic heterocycles. The molecule has 0 saturated heterocycles. The van der Waals surface area contributed by atoms with Crippen LogP contribution in [0.1, 0.15) is 16.1 Å². The van der Waals surface area contributed by atoms with E-state index in [4.69, 9.17) is 0 Å². The van der Waals surface area contributed by atoms with Crippen molar-refractivity contribution in [2.75, 3.05) is 11.9 Å². The lowest BCUT2D eigenvalue weighted by atomic mass is 10.2. The van der Waals surface area contributed by atoms with Crippen molar-refractivity contribution in [3.63, 3.8) is 0 Å². The van der Waals surface area contributed by atoms with E-state index in [-0.39, 0.29) is 5.91 Å². The predicted molar refractivity (Wildman–Crippen MR) is 78.3 cm³/mol. The van der Waals surface area contributed by atoms with Gasteiger partial charge in [0.2, 0.25) is 5.95 Å². The van der Waals surface area contributed by atoms with Gasteiger partial charge in [-0.05, 0) is 11.6 Å². The number of carbonyl (C=O) groups is 1. The van der Waals surface area contributed by atoms with Crippen LogP contribution in [0.4, 0.5) is 5.95 Å². The summed E-state index contributed by atoms with van der Waals surface area (Å²) in [7, 11) is 0. The lowest BCUT2D eigenvalue weighted by Crippen LogP contribution is -2.24. The van der Waals surface area contributed by atoms with Gasteiger partial charge < -0.3 is 10.6 Å². The fourth-order valence-electron chi connectivity index (χ4n) is 1.60. The first-order valence-electron chi connectivity index (χ1n) is 6.29. The van der Waals surface area contributed by atoms with Crippen LogP contribution >= 0.6 is 0 Å². The van der Waals surface area contributed by atoms with Gasteiger partial charge in [-0.25, -0.2) is 9.97 Å². The van der Waals surface area contributed by atoms with E-state index in [1.807, 2.05) is 30.3 Å². The van der Waals surface area contributed by atoms with Crippen LogP contribution in [-0.4, -0.2) is 22.4 Å². The molecule has 0 aliphatic heterocycles. The molecular formula is C15H16N4O. The number of aromatic nitrogens is 2. The lowest BCUT2D eigenvalue weighted by molar-refractivity contribution is 0.0946. The molecule has 0 radical (unpaired) electrons. The van der Waals surface area contributed by atoms with Crippen LogP contribution in [0, 0.1) is 0 Å². The van der Waals surface area contributed by atoms with Crippen molar-refractivity contribution >= 4 is 11.9 Å². The average Bonchev–Trinajstić information content (AvgIpc) is 2.52. The van der Waals surface area contributed by atoms with Gasteiger partial charge in [0.25, 0.3) is 5.91 Å². The maximum absolute atomic E-state index is 12.0. The Morgan fingerprint density at radius 2 is 2.05 bits per heavy atom. The molecule has 2 aromatic rings. The Labute approximate surface area is 117 Å². The van der Waals surface area contributed by atoms with Gasteiger partial charge >= 0.3 is 0 Å². The third kappa shape index (κ3) is 3.91. The zero-order valence-corrected chi connectivity index (χ0v) is 11.0. The van der Waals surface area contributed by atoms with Crippen LogP contribution in [0.25, 0.3) is 0 Å². The van der Waals surface area contributed by atoms with Gasteiger partial charge in [0.15, 0.2) is 0 Å². The summed E-state index contributed by atoms with van der Waals surface area (Å²) in [5.74, 6) is 0.190. The van der Waals surface area contributed by atoms with Crippen LogP contribution < -0.4 is 10.6 Å². The number of nitrogens with zero attached hydrogens (tertiary/aromatic N) is 2.